The van der Waals surface area contributed by atoms with Gasteiger partial charge in [-0.25, -0.2) is 0 Å². The summed E-state index contributed by atoms with van der Waals surface area (Å²) in [5.41, 5.74) is 6.49. The first kappa shape index (κ1) is 17.7. The van der Waals surface area contributed by atoms with Crippen LogP contribution in [0.5, 0.6) is 0 Å². The van der Waals surface area contributed by atoms with Crippen molar-refractivity contribution in [2.45, 2.75) is 51.6 Å². The normalized spacial score (nSPS) is 20.7. The number of primary amides is 1. The van der Waals surface area contributed by atoms with Gasteiger partial charge >= 0.3 is 0 Å². The molecule has 1 aliphatic carbocycles. The molecule has 3 N–H and O–H groups in total. The van der Waals surface area contributed by atoms with E-state index in [2.05, 4.69) is 29.3 Å². The number of hydrogen-bond donors (Lipinski definition) is 2. The molecule has 23 heavy (non-hydrogen) atoms. The Bertz CT molecular complexity index is 520. The number of carbonyl (C=O) groups excluding carboxylic acids is 1. The van der Waals surface area contributed by atoms with Crippen LogP contribution in [-0.2, 0) is 11.3 Å². The zero-order chi connectivity index (χ0) is 16.7. The van der Waals surface area contributed by atoms with Gasteiger partial charge in [0.1, 0.15) is 0 Å². The van der Waals surface area contributed by atoms with Crippen molar-refractivity contribution < 1.29 is 4.79 Å². The Morgan fingerprint density at radius 2 is 2.00 bits per heavy atom. The van der Waals surface area contributed by atoms with E-state index in [1.807, 2.05) is 18.2 Å². The Balaban J connectivity index is 1.99. The summed E-state index contributed by atoms with van der Waals surface area (Å²) in [6.07, 6.45) is 5.29. The highest BCUT2D eigenvalue weighted by atomic mass is 32.1. The summed E-state index contributed by atoms with van der Waals surface area (Å²) in [4.78, 5) is 13.2. The Labute approximate surface area is 144 Å². The lowest BCUT2D eigenvalue weighted by molar-refractivity contribution is -0.118. The summed E-state index contributed by atoms with van der Waals surface area (Å²) in [6.45, 7) is 3.53. The van der Waals surface area contributed by atoms with Crippen molar-refractivity contribution in [3.8, 4) is 0 Å². The number of carbonyl (C=O) groups is 1. The van der Waals surface area contributed by atoms with E-state index >= 15 is 0 Å². The first-order valence-corrected chi connectivity index (χ1v) is 8.84. The second kappa shape index (κ2) is 8.87. The highest BCUT2D eigenvalue weighted by Crippen LogP contribution is 2.24. The van der Waals surface area contributed by atoms with Crippen LogP contribution in [0.3, 0.4) is 0 Å². The quantitative estimate of drug-likeness (QED) is 0.786. The van der Waals surface area contributed by atoms with Crippen LogP contribution >= 0.6 is 12.2 Å². The SMILES string of the molecule is CC1CCCCC1NC(=S)N(CCC(N)=O)Cc1ccccc1. The minimum atomic E-state index is -0.295. The van der Waals surface area contributed by atoms with Gasteiger partial charge in [0.05, 0.1) is 0 Å². The predicted octanol–water partition coefficient (Wildman–Crippen LogP) is 2.82. The molecular weight excluding hydrogens is 306 g/mol. The predicted molar refractivity (Wildman–Crippen MR) is 97.8 cm³/mol. The number of nitrogens with two attached hydrogens (primary N) is 1. The molecule has 2 rings (SSSR count). The van der Waals surface area contributed by atoms with E-state index in [-0.39, 0.29) is 5.91 Å². The molecule has 1 saturated carbocycles. The number of benzene rings is 1. The lowest BCUT2D eigenvalue weighted by Gasteiger charge is -2.34. The maximum atomic E-state index is 11.2. The highest BCUT2D eigenvalue weighted by molar-refractivity contribution is 7.80. The van der Waals surface area contributed by atoms with Crippen LogP contribution in [0.1, 0.15) is 44.6 Å². The molecule has 1 aromatic carbocycles. The zero-order valence-corrected chi connectivity index (χ0v) is 14.6. The van der Waals surface area contributed by atoms with E-state index in [9.17, 15) is 4.79 Å². The molecule has 5 heteroatoms. The molecule has 1 aliphatic rings. The fraction of sp³-hybridized carbons (Fsp3) is 0.556. The van der Waals surface area contributed by atoms with Crippen LogP contribution in [0.4, 0.5) is 0 Å². The summed E-state index contributed by atoms with van der Waals surface area (Å²) >= 11 is 5.62. The van der Waals surface area contributed by atoms with Gasteiger partial charge in [-0.3, -0.25) is 4.79 Å². The van der Waals surface area contributed by atoms with Gasteiger partial charge in [-0.05, 0) is 36.5 Å². The average molecular weight is 334 g/mol. The van der Waals surface area contributed by atoms with E-state index in [0.29, 0.717) is 31.5 Å². The Kier molecular flexibility index (Phi) is 6.84. The van der Waals surface area contributed by atoms with Gasteiger partial charge in [0.15, 0.2) is 5.11 Å². The minimum absolute atomic E-state index is 0.295. The van der Waals surface area contributed by atoms with Crippen LogP contribution in [0, 0.1) is 5.92 Å². The second-order valence-electron chi connectivity index (χ2n) is 6.44. The van der Waals surface area contributed by atoms with E-state index in [1.165, 1.54) is 24.8 Å². The molecule has 0 saturated heterocycles. The molecule has 0 heterocycles. The molecule has 0 bridgehead atoms. The molecule has 0 radical (unpaired) electrons. The van der Waals surface area contributed by atoms with Gasteiger partial charge in [0, 0.05) is 25.6 Å². The first-order chi connectivity index (χ1) is 11.1. The van der Waals surface area contributed by atoms with E-state index in [1.54, 1.807) is 0 Å². The van der Waals surface area contributed by atoms with Gasteiger partial charge < -0.3 is 16.0 Å². The number of hydrogen-bond acceptors (Lipinski definition) is 2. The third-order valence-corrected chi connectivity index (χ3v) is 4.93. The Morgan fingerprint density at radius 1 is 1.30 bits per heavy atom. The number of nitrogens with zero attached hydrogens (tertiary/aromatic N) is 1. The molecule has 2 atom stereocenters. The van der Waals surface area contributed by atoms with Gasteiger partial charge in [0.2, 0.25) is 5.91 Å². The fourth-order valence-corrected chi connectivity index (χ4v) is 3.39. The Hall–Kier alpha value is -1.62. The van der Waals surface area contributed by atoms with Crippen LogP contribution in [0.15, 0.2) is 30.3 Å². The van der Waals surface area contributed by atoms with Crippen molar-refractivity contribution >= 4 is 23.2 Å². The highest BCUT2D eigenvalue weighted by Gasteiger charge is 2.23. The van der Waals surface area contributed by atoms with Gasteiger partial charge in [0.25, 0.3) is 0 Å². The number of amides is 1. The monoisotopic (exact) mass is 333 g/mol. The first-order valence-electron chi connectivity index (χ1n) is 8.44. The van der Waals surface area contributed by atoms with Gasteiger partial charge in [-0.2, -0.15) is 0 Å². The number of thiocarbonyl (C=S) groups is 1. The van der Waals surface area contributed by atoms with Crippen molar-refractivity contribution in [2.75, 3.05) is 6.54 Å². The van der Waals surface area contributed by atoms with Crippen molar-refractivity contribution in [1.82, 2.24) is 10.2 Å². The molecule has 1 fully saturated rings. The summed E-state index contributed by atoms with van der Waals surface area (Å²) in [5.74, 6) is 0.341. The maximum absolute atomic E-state index is 11.2. The largest absolute Gasteiger partial charge is 0.370 e. The van der Waals surface area contributed by atoms with Gasteiger partial charge in [-0.1, -0.05) is 50.1 Å². The van der Waals surface area contributed by atoms with Crippen molar-refractivity contribution in [3.63, 3.8) is 0 Å². The van der Waals surface area contributed by atoms with Crippen molar-refractivity contribution in [1.29, 1.82) is 0 Å². The molecule has 0 aromatic heterocycles. The van der Waals surface area contributed by atoms with Crippen molar-refractivity contribution in [3.05, 3.63) is 35.9 Å². The second-order valence-corrected chi connectivity index (χ2v) is 6.83. The van der Waals surface area contributed by atoms with Crippen LogP contribution in [0.25, 0.3) is 0 Å². The molecule has 2 unspecified atom stereocenters. The maximum Gasteiger partial charge on any atom is 0.219 e. The lowest BCUT2D eigenvalue weighted by Crippen LogP contribution is -2.48. The summed E-state index contributed by atoms with van der Waals surface area (Å²) in [6, 6.07) is 10.6. The van der Waals surface area contributed by atoms with Crippen LogP contribution in [-0.4, -0.2) is 28.5 Å². The van der Waals surface area contributed by atoms with E-state index < -0.39 is 0 Å². The third kappa shape index (κ3) is 5.82. The summed E-state index contributed by atoms with van der Waals surface area (Å²) in [5, 5.41) is 4.25. The Morgan fingerprint density at radius 3 is 2.65 bits per heavy atom. The van der Waals surface area contributed by atoms with Crippen molar-refractivity contribution in [2.24, 2.45) is 11.7 Å². The summed E-state index contributed by atoms with van der Waals surface area (Å²) < 4.78 is 0. The molecule has 1 amide bonds. The average Bonchev–Trinajstić information content (AvgIpc) is 2.54. The standard InChI is InChI=1S/C18H27N3OS/c1-14-7-5-6-10-16(14)20-18(23)21(12-11-17(19)22)13-15-8-3-2-4-9-15/h2-4,8-9,14,16H,5-7,10-13H2,1H3,(H2,19,22)(H,20,23). The van der Waals surface area contributed by atoms with Crippen LogP contribution < -0.4 is 11.1 Å². The molecule has 0 aliphatic heterocycles. The lowest BCUT2D eigenvalue weighted by atomic mass is 9.86. The third-order valence-electron chi connectivity index (χ3n) is 4.55. The molecule has 4 nitrogen and oxygen atoms in total. The molecule has 0 spiro atoms. The topological polar surface area (TPSA) is 58.4 Å². The molecule has 126 valence electrons. The number of nitrogens with one attached hydrogen (secondary N) is 1. The van der Waals surface area contributed by atoms with E-state index in [4.69, 9.17) is 18.0 Å². The van der Waals surface area contributed by atoms with Crippen LogP contribution in [0.2, 0.25) is 0 Å². The van der Waals surface area contributed by atoms with Gasteiger partial charge in [-0.15, -0.1) is 0 Å². The fourth-order valence-electron chi connectivity index (χ4n) is 3.08. The smallest absolute Gasteiger partial charge is 0.219 e. The van der Waals surface area contributed by atoms with E-state index in [0.717, 1.165) is 11.5 Å². The minimum Gasteiger partial charge on any atom is -0.370 e. The number of rotatable bonds is 6. The summed E-state index contributed by atoms with van der Waals surface area (Å²) in [7, 11) is 0. The zero-order valence-electron chi connectivity index (χ0n) is 13.8. The molecule has 1 aromatic rings. The molecular formula is C18H27N3OS.